The number of pyridine rings is 1. The van der Waals surface area contributed by atoms with E-state index in [1.54, 1.807) is 38.5 Å². The number of hydrogen-bond donors (Lipinski definition) is 3. The summed E-state index contributed by atoms with van der Waals surface area (Å²) in [6.45, 7) is 6.92. The van der Waals surface area contributed by atoms with E-state index < -0.39 is 30.0 Å². The number of piperidine rings is 3. The van der Waals surface area contributed by atoms with E-state index in [1.165, 1.54) is 9.25 Å². The summed E-state index contributed by atoms with van der Waals surface area (Å²) in [6.07, 6.45) is 7.02. The first-order valence-electron chi connectivity index (χ1n) is 22.3. The highest BCUT2D eigenvalue weighted by atomic mass is 35.5. The molecule has 2 aromatic carbocycles. The number of aromatic nitrogens is 5. The average molecular weight is 901 g/mol. The molecule has 5 aromatic rings. The van der Waals surface area contributed by atoms with Crippen molar-refractivity contribution in [1.82, 2.24) is 34.5 Å². The first-order valence-corrected chi connectivity index (χ1v) is 22.7. The van der Waals surface area contributed by atoms with E-state index in [0.29, 0.717) is 80.7 Å². The van der Waals surface area contributed by atoms with Crippen molar-refractivity contribution in [3.63, 3.8) is 0 Å². The molecule has 0 radical (unpaired) electrons. The quantitative estimate of drug-likeness (QED) is 0.134. The number of rotatable bonds is 8. The minimum atomic E-state index is -3.14. The summed E-state index contributed by atoms with van der Waals surface area (Å²) in [5.41, 5.74) is 2.42. The van der Waals surface area contributed by atoms with Gasteiger partial charge in [0.25, 0.3) is 5.56 Å². The van der Waals surface area contributed by atoms with Gasteiger partial charge in [-0.15, -0.1) is 0 Å². The number of nitrogens with one attached hydrogen (secondary N) is 3. The summed E-state index contributed by atoms with van der Waals surface area (Å²) in [5, 5.41) is 14.8. The van der Waals surface area contributed by atoms with Crippen molar-refractivity contribution in [2.75, 3.05) is 48.3 Å². The minimum absolute atomic E-state index is 0.0497. The molecular formula is C46H52ClF3N10O4. The molecular weight excluding hydrogens is 849 g/mol. The number of anilines is 4. The Labute approximate surface area is 372 Å². The van der Waals surface area contributed by atoms with E-state index >= 15 is 13.2 Å². The number of hydrogen-bond acceptors (Lipinski definition) is 11. The third-order valence-corrected chi connectivity index (χ3v) is 15.0. The fourth-order valence-electron chi connectivity index (χ4n) is 10.7. The largest absolute Gasteiger partial charge is 0.480 e. The molecule has 2 amide bonds. The van der Waals surface area contributed by atoms with Gasteiger partial charge in [0.1, 0.15) is 10.5 Å². The maximum absolute atomic E-state index is 16.3. The summed E-state index contributed by atoms with van der Waals surface area (Å²) < 4.78 is 55.2. The van der Waals surface area contributed by atoms with Crippen molar-refractivity contribution in [1.29, 1.82) is 0 Å². The van der Waals surface area contributed by atoms with Crippen molar-refractivity contribution < 1.29 is 27.5 Å². The van der Waals surface area contributed by atoms with Gasteiger partial charge < -0.3 is 24.8 Å². The van der Waals surface area contributed by atoms with Gasteiger partial charge >= 0.3 is 5.92 Å². The van der Waals surface area contributed by atoms with Crippen LogP contribution in [0.25, 0.3) is 21.8 Å². The number of ether oxygens (including phenoxy) is 1. The molecule has 10 rings (SSSR count). The number of imide groups is 1. The number of likely N-dealkylation sites (tertiary alicyclic amines) is 1. The van der Waals surface area contributed by atoms with Gasteiger partial charge in [-0.2, -0.15) is 10.1 Å². The lowest BCUT2D eigenvalue weighted by atomic mass is 9.77. The number of halogens is 4. The lowest BCUT2D eigenvalue weighted by molar-refractivity contribution is -0.134. The molecule has 4 aliphatic heterocycles. The second-order valence-electron chi connectivity index (χ2n) is 18.9. The predicted octanol–water partition coefficient (Wildman–Crippen LogP) is 7.36. The maximum Gasteiger partial charge on any atom is 0.301 e. The molecule has 4 fully saturated rings. The number of benzene rings is 2. The van der Waals surface area contributed by atoms with E-state index in [9.17, 15) is 14.4 Å². The highest BCUT2D eigenvalue weighted by molar-refractivity contribution is 6.33. The fourth-order valence-corrected chi connectivity index (χ4v) is 10.9. The zero-order valence-electron chi connectivity index (χ0n) is 36.3. The molecule has 64 heavy (non-hydrogen) atoms. The van der Waals surface area contributed by atoms with Crippen molar-refractivity contribution in [2.45, 2.75) is 94.6 Å². The molecule has 7 heterocycles. The van der Waals surface area contributed by atoms with Crippen LogP contribution in [0.15, 0.2) is 41.3 Å². The van der Waals surface area contributed by atoms with E-state index in [2.05, 4.69) is 49.7 Å². The molecule has 1 saturated carbocycles. The van der Waals surface area contributed by atoms with Gasteiger partial charge in [-0.3, -0.25) is 29.3 Å². The number of fused-ring (bicyclic) bond motifs is 4. The van der Waals surface area contributed by atoms with Crippen LogP contribution in [-0.2, 0) is 23.7 Å². The maximum atomic E-state index is 16.3. The van der Waals surface area contributed by atoms with E-state index in [4.69, 9.17) is 21.3 Å². The second-order valence-corrected chi connectivity index (χ2v) is 19.3. The Kier molecular flexibility index (Phi) is 10.6. The molecule has 18 heteroatoms. The number of aryl methyl sites for hydroxylation is 2. The Bertz CT molecular complexity index is 2760. The summed E-state index contributed by atoms with van der Waals surface area (Å²) >= 11 is 6.66. The SMILES string of the molecule is Cn1nc(C2CCC(=O)NC2=O)c2ccc(C3CCN(C(C)(C)C4CCN(c5ncc(Cl)c(Nc6ccc7c(c6)c6c(c(=O)n7C)OCC(F)(F)[C@H](C7CC7)N6)n5)CC4)CC3)c(F)c21. The molecule has 0 spiro atoms. The number of nitrogens with zero attached hydrogens (tertiary/aromatic N) is 7. The first-order chi connectivity index (χ1) is 30.6. The third-order valence-electron chi connectivity index (χ3n) is 14.7. The Hall–Kier alpha value is -5.42. The van der Waals surface area contributed by atoms with Gasteiger partial charge in [0, 0.05) is 55.6 Å². The Morgan fingerprint density at radius 2 is 1.70 bits per heavy atom. The highest BCUT2D eigenvalue weighted by Gasteiger charge is 2.51. The number of carbonyl (C=O) groups excluding carboxylic acids is 2. The van der Waals surface area contributed by atoms with Gasteiger partial charge in [0.15, 0.2) is 18.2 Å². The molecule has 1 aliphatic carbocycles. The van der Waals surface area contributed by atoms with Crippen LogP contribution in [0.5, 0.6) is 5.75 Å². The molecule has 14 nitrogen and oxygen atoms in total. The van der Waals surface area contributed by atoms with E-state index in [1.807, 2.05) is 12.1 Å². The van der Waals surface area contributed by atoms with Gasteiger partial charge in [-0.05, 0) is 113 Å². The Balaban J connectivity index is 0.796. The van der Waals surface area contributed by atoms with E-state index in [-0.39, 0.29) is 52.9 Å². The van der Waals surface area contributed by atoms with Crippen molar-refractivity contribution in [3.8, 4) is 5.75 Å². The van der Waals surface area contributed by atoms with Gasteiger partial charge in [-0.1, -0.05) is 23.7 Å². The molecule has 5 aliphatic rings. The third kappa shape index (κ3) is 7.41. The van der Waals surface area contributed by atoms with Crippen LogP contribution >= 0.6 is 11.6 Å². The molecule has 338 valence electrons. The van der Waals surface area contributed by atoms with Crippen molar-refractivity contribution >= 4 is 68.4 Å². The van der Waals surface area contributed by atoms with Gasteiger partial charge in [0.2, 0.25) is 23.5 Å². The topological polar surface area (TPSA) is 152 Å². The highest BCUT2D eigenvalue weighted by Crippen LogP contribution is 2.46. The molecule has 3 aromatic heterocycles. The average Bonchev–Trinajstić information content (AvgIpc) is 4.08. The van der Waals surface area contributed by atoms with Gasteiger partial charge in [-0.25, -0.2) is 18.2 Å². The summed E-state index contributed by atoms with van der Waals surface area (Å²) in [6, 6.07) is 7.96. The molecule has 0 bridgehead atoms. The summed E-state index contributed by atoms with van der Waals surface area (Å²) in [7, 11) is 3.30. The second kappa shape index (κ2) is 15.9. The monoisotopic (exact) mass is 900 g/mol. The molecule has 1 unspecified atom stereocenters. The number of alkyl halides is 2. The van der Waals surface area contributed by atoms with Crippen LogP contribution in [0, 0.1) is 17.7 Å². The van der Waals surface area contributed by atoms with Crippen LogP contribution in [-0.4, -0.2) is 91.3 Å². The summed E-state index contributed by atoms with van der Waals surface area (Å²) in [4.78, 5) is 51.8. The van der Waals surface area contributed by atoms with Crippen LogP contribution in [0.3, 0.4) is 0 Å². The van der Waals surface area contributed by atoms with Gasteiger partial charge in [0.05, 0.1) is 35.1 Å². The van der Waals surface area contributed by atoms with Crippen LogP contribution in [0.4, 0.5) is 36.3 Å². The molecule has 3 saturated heterocycles. The van der Waals surface area contributed by atoms with Crippen LogP contribution < -0.4 is 31.1 Å². The Morgan fingerprint density at radius 3 is 2.42 bits per heavy atom. The number of carbonyl (C=O) groups is 2. The fraction of sp³-hybridized carbons (Fsp3) is 0.522. The molecule has 3 N–H and O–H groups in total. The standard InChI is InChI=1S/C46H52ClF3N10O4/c1-45(2,60-19-13-24(14-20-60)28-8-9-29-36(56-58(4)38(29)35(28)48)30-10-12-34(61)53-42(30)62)26-15-17-59(18-16-26)44-51-22-32(47)41(55-44)52-27-7-11-33-31(21-27)37-39(43(63)57(33)3)64-23-46(49,50)40(54-37)25-5-6-25/h7-9,11,21-22,24-26,30,40,54H,5-6,10,12-20,23H2,1-4H3,(H,51,52,55)(H,53,61,62)/t30?,40-/m0/s1. The van der Waals surface area contributed by atoms with Crippen molar-refractivity contribution in [2.24, 2.45) is 25.9 Å². The Morgan fingerprint density at radius 1 is 0.953 bits per heavy atom. The van der Waals surface area contributed by atoms with Crippen LogP contribution in [0.2, 0.25) is 5.02 Å². The normalized spacial score (nSPS) is 22.5. The summed E-state index contributed by atoms with van der Waals surface area (Å²) in [5.74, 6) is -3.63. The zero-order chi connectivity index (χ0) is 44.8. The zero-order valence-corrected chi connectivity index (χ0v) is 37.1. The first kappa shape index (κ1) is 42.5. The van der Waals surface area contributed by atoms with E-state index in [0.717, 1.165) is 51.9 Å². The van der Waals surface area contributed by atoms with Crippen LogP contribution in [0.1, 0.15) is 88.3 Å². The predicted molar refractivity (Wildman–Crippen MR) is 238 cm³/mol. The minimum Gasteiger partial charge on any atom is -0.480 e. The smallest absolute Gasteiger partial charge is 0.301 e. The lowest BCUT2D eigenvalue weighted by Gasteiger charge is -2.49. The molecule has 2 atom stereocenters. The van der Waals surface area contributed by atoms with Crippen molar-refractivity contribution in [3.05, 3.63) is 69.0 Å². The number of amides is 2. The lowest BCUT2D eigenvalue weighted by Crippen LogP contribution is -2.55.